The molecule has 0 radical (unpaired) electrons. The molecule has 2 aromatic rings. The third-order valence-corrected chi connectivity index (χ3v) is 6.36. The van der Waals surface area contributed by atoms with Crippen LogP contribution in [0.1, 0.15) is 42.5 Å². The molecule has 0 aliphatic heterocycles. The quantitative estimate of drug-likeness (QED) is 0.572. The Balaban J connectivity index is 2.24. The van der Waals surface area contributed by atoms with E-state index in [-0.39, 0.29) is 18.4 Å². The third-order valence-electron chi connectivity index (χ3n) is 5.11. The summed E-state index contributed by atoms with van der Waals surface area (Å²) in [5, 5.41) is 2.85. The summed E-state index contributed by atoms with van der Waals surface area (Å²) in [4.78, 5) is 27.5. The maximum absolute atomic E-state index is 13.2. The van der Waals surface area contributed by atoms with Gasteiger partial charge in [-0.2, -0.15) is 0 Å². The van der Waals surface area contributed by atoms with Crippen molar-refractivity contribution in [2.75, 3.05) is 13.2 Å². The molecule has 5 nitrogen and oxygen atoms in total. The molecule has 6 heteroatoms. The second-order valence-electron chi connectivity index (χ2n) is 7.43. The number of hydrogen-bond donors (Lipinski definition) is 1. The smallest absolute Gasteiger partial charge is 0.261 e. The Morgan fingerprint density at radius 1 is 1.07 bits per heavy atom. The maximum Gasteiger partial charge on any atom is 0.261 e. The first kappa shape index (κ1) is 23.9. The average Bonchev–Trinajstić information content (AvgIpc) is 2.71. The molecule has 0 bridgehead atoms. The number of likely N-dealkylation sites (N-methyl/N-ethyl adjacent to an activating group) is 1. The highest BCUT2D eigenvalue weighted by Crippen LogP contribution is 2.26. The number of carbonyl (C=O) groups is 2. The number of rotatable bonds is 9. The van der Waals surface area contributed by atoms with Crippen molar-refractivity contribution < 1.29 is 14.3 Å². The van der Waals surface area contributed by atoms with Crippen LogP contribution in [0.15, 0.2) is 40.9 Å². The van der Waals surface area contributed by atoms with Crippen LogP contribution in [-0.2, 0) is 16.1 Å². The number of benzene rings is 2. The van der Waals surface area contributed by atoms with Crippen LogP contribution >= 0.6 is 15.9 Å². The van der Waals surface area contributed by atoms with Gasteiger partial charge in [-0.15, -0.1) is 0 Å². The summed E-state index contributed by atoms with van der Waals surface area (Å²) in [6.45, 7) is 10.5. The minimum absolute atomic E-state index is 0.123. The van der Waals surface area contributed by atoms with Crippen LogP contribution in [0.5, 0.6) is 5.75 Å². The Labute approximate surface area is 187 Å². The van der Waals surface area contributed by atoms with E-state index in [2.05, 4.69) is 21.2 Å². The van der Waals surface area contributed by atoms with E-state index in [9.17, 15) is 9.59 Å². The Hall–Kier alpha value is -2.34. The van der Waals surface area contributed by atoms with Crippen molar-refractivity contribution in [3.63, 3.8) is 0 Å². The fourth-order valence-electron chi connectivity index (χ4n) is 3.40. The topological polar surface area (TPSA) is 58.6 Å². The number of aryl methyl sites for hydroxylation is 3. The summed E-state index contributed by atoms with van der Waals surface area (Å²) < 4.78 is 6.86. The minimum Gasteiger partial charge on any atom is -0.484 e. The van der Waals surface area contributed by atoms with Crippen molar-refractivity contribution in [2.24, 2.45) is 0 Å². The van der Waals surface area contributed by atoms with Gasteiger partial charge in [0.2, 0.25) is 5.91 Å². The van der Waals surface area contributed by atoms with Crippen LogP contribution in [0.2, 0.25) is 0 Å². The molecule has 2 aromatic carbocycles. The second-order valence-corrected chi connectivity index (χ2v) is 8.22. The SMILES string of the molecule is CCNC(=O)C(CC)N(Cc1ccccc1C)C(=O)COc1cc(C)c(Br)c(C)c1. The highest BCUT2D eigenvalue weighted by Gasteiger charge is 2.29. The molecule has 1 unspecified atom stereocenters. The van der Waals surface area contributed by atoms with Gasteiger partial charge >= 0.3 is 0 Å². The molecule has 1 atom stereocenters. The fourth-order valence-corrected chi connectivity index (χ4v) is 3.63. The van der Waals surface area contributed by atoms with Crippen molar-refractivity contribution in [1.82, 2.24) is 10.2 Å². The Bertz CT molecular complexity index is 875. The molecule has 2 amide bonds. The first-order valence-corrected chi connectivity index (χ1v) is 11.1. The van der Waals surface area contributed by atoms with E-state index in [0.29, 0.717) is 25.3 Å². The van der Waals surface area contributed by atoms with Gasteiger partial charge in [0.1, 0.15) is 11.8 Å². The molecular formula is C24H31BrN2O3. The summed E-state index contributed by atoms with van der Waals surface area (Å²) in [5.74, 6) is 0.287. The molecule has 0 saturated heterocycles. The number of nitrogens with zero attached hydrogens (tertiary/aromatic N) is 1. The molecule has 0 aliphatic rings. The van der Waals surface area contributed by atoms with Crippen LogP contribution in [-0.4, -0.2) is 35.9 Å². The fraction of sp³-hybridized carbons (Fsp3) is 0.417. The number of carbonyl (C=O) groups excluding carboxylic acids is 2. The van der Waals surface area contributed by atoms with Crippen LogP contribution in [0, 0.1) is 20.8 Å². The molecule has 0 fully saturated rings. The third kappa shape index (κ3) is 6.08. The second kappa shape index (κ2) is 11.2. The van der Waals surface area contributed by atoms with E-state index in [1.54, 1.807) is 4.90 Å². The summed E-state index contributed by atoms with van der Waals surface area (Å²) >= 11 is 3.54. The van der Waals surface area contributed by atoms with Gasteiger partial charge in [0.15, 0.2) is 6.61 Å². The van der Waals surface area contributed by atoms with Gasteiger partial charge in [0.25, 0.3) is 5.91 Å². The highest BCUT2D eigenvalue weighted by molar-refractivity contribution is 9.10. The predicted octanol–water partition coefficient (Wildman–Crippen LogP) is 4.70. The predicted molar refractivity (Wildman–Crippen MR) is 124 cm³/mol. The van der Waals surface area contributed by atoms with Gasteiger partial charge in [-0.3, -0.25) is 9.59 Å². The molecule has 30 heavy (non-hydrogen) atoms. The standard InChI is InChI=1S/C24H31BrN2O3/c1-6-21(24(29)26-7-2)27(14-19-11-9-8-10-16(19)3)22(28)15-30-20-12-17(4)23(25)18(5)13-20/h8-13,21H,6-7,14-15H2,1-5H3,(H,26,29). The van der Waals surface area contributed by atoms with Crippen LogP contribution in [0.4, 0.5) is 0 Å². The Morgan fingerprint density at radius 3 is 2.27 bits per heavy atom. The maximum atomic E-state index is 13.2. The summed E-state index contributed by atoms with van der Waals surface area (Å²) in [6, 6.07) is 11.2. The lowest BCUT2D eigenvalue weighted by Crippen LogP contribution is -2.50. The monoisotopic (exact) mass is 474 g/mol. The number of ether oxygens (including phenoxy) is 1. The van der Waals surface area contributed by atoms with Crippen molar-refractivity contribution >= 4 is 27.7 Å². The Morgan fingerprint density at radius 2 is 1.70 bits per heavy atom. The lowest BCUT2D eigenvalue weighted by molar-refractivity contribution is -0.142. The molecule has 0 saturated carbocycles. The summed E-state index contributed by atoms with van der Waals surface area (Å²) in [7, 11) is 0. The first-order valence-electron chi connectivity index (χ1n) is 10.3. The average molecular weight is 475 g/mol. The van der Waals surface area contributed by atoms with E-state index < -0.39 is 6.04 Å². The molecule has 0 spiro atoms. The molecule has 0 aromatic heterocycles. The van der Waals surface area contributed by atoms with Gasteiger partial charge in [-0.1, -0.05) is 47.1 Å². The van der Waals surface area contributed by atoms with Crippen LogP contribution < -0.4 is 10.1 Å². The molecular weight excluding hydrogens is 444 g/mol. The van der Waals surface area contributed by atoms with E-state index in [4.69, 9.17) is 4.74 Å². The lowest BCUT2D eigenvalue weighted by atomic mass is 10.1. The van der Waals surface area contributed by atoms with Crippen molar-refractivity contribution in [3.05, 3.63) is 63.1 Å². The van der Waals surface area contributed by atoms with Crippen LogP contribution in [0.25, 0.3) is 0 Å². The normalized spacial score (nSPS) is 11.7. The van der Waals surface area contributed by atoms with Gasteiger partial charge in [-0.25, -0.2) is 0 Å². The molecule has 2 rings (SSSR count). The van der Waals surface area contributed by atoms with E-state index in [1.807, 2.05) is 71.0 Å². The summed E-state index contributed by atoms with van der Waals surface area (Å²) in [6.07, 6.45) is 0.528. The minimum atomic E-state index is -0.547. The van der Waals surface area contributed by atoms with Crippen molar-refractivity contribution in [1.29, 1.82) is 0 Å². The van der Waals surface area contributed by atoms with E-state index in [1.165, 1.54) is 0 Å². The van der Waals surface area contributed by atoms with Crippen molar-refractivity contribution in [2.45, 2.75) is 53.6 Å². The first-order chi connectivity index (χ1) is 14.3. The van der Waals surface area contributed by atoms with Gasteiger partial charge < -0.3 is 15.0 Å². The zero-order chi connectivity index (χ0) is 22.3. The lowest BCUT2D eigenvalue weighted by Gasteiger charge is -2.31. The van der Waals surface area contributed by atoms with Gasteiger partial charge in [-0.05, 0) is 68.5 Å². The number of amides is 2. The molecule has 0 aliphatic carbocycles. The summed E-state index contributed by atoms with van der Waals surface area (Å²) in [5.41, 5.74) is 4.19. The van der Waals surface area contributed by atoms with Gasteiger partial charge in [0, 0.05) is 17.6 Å². The van der Waals surface area contributed by atoms with Crippen molar-refractivity contribution in [3.8, 4) is 5.75 Å². The number of hydrogen-bond acceptors (Lipinski definition) is 3. The van der Waals surface area contributed by atoms with Gasteiger partial charge in [0.05, 0.1) is 0 Å². The number of nitrogens with one attached hydrogen (secondary N) is 1. The largest absolute Gasteiger partial charge is 0.484 e. The van der Waals surface area contributed by atoms with E-state index >= 15 is 0 Å². The van der Waals surface area contributed by atoms with E-state index in [0.717, 1.165) is 26.7 Å². The zero-order valence-electron chi connectivity index (χ0n) is 18.4. The number of halogens is 1. The zero-order valence-corrected chi connectivity index (χ0v) is 20.0. The Kier molecular flexibility index (Phi) is 8.90. The van der Waals surface area contributed by atoms with Crippen LogP contribution in [0.3, 0.4) is 0 Å². The molecule has 0 heterocycles. The highest BCUT2D eigenvalue weighted by atomic mass is 79.9. The molecule has 1 N–H and O–H groups in total. The molecule has 162 valence electrons.